The van der Waals surface area contributed by atoms with E-state index in [0.29, 0.717) is 40.5 Å². The monoisotopic (exact) mass is 546 g/mol. The Labute approximate surface area is 241 Å². The van der Waals surface area contributed by atoms with Gasteiger partial charge in [-0.25, -0.2) is 4.79 Å². The van der Waals surface area contributed by atoms with Crippen LogP contribution in [0.4, 0.5) is 5.69 Å². The molecule has 0 aliphatic heterocycles. The number of benzene rings is 4. The van der Waals surface area contributed by atoms with Gasteiger partial charge in [-0.05, 0) is 72.1 Å². The van der Waals surface area contributed by atoms with E-state index in [1.165, 1.54) is 25.7 Å². The molecule has 4 rings (SSSR count). The molecule has 4 aromatic rings. The molecule has 0 saturated heterocycles. The average molecular weight is 547 g/mol. The Kier molecular flexibility index (Phi) is 10.7. The molecule has 0 amide bonds. The van der Waals surface area contributed by atoms with Crippen LogP contribution in [-0.4, -0.2) is 23.9 Å². The van der Waals surface area contributed by atoms with Gasteiger partial charge in [-0.2, -0.15) is 5.26 Å². The van der Waals surface area contributed by atoms with E-state index in [1.807, 2.05) is 30.3 Å². The van der Waals surface area contributed by atoms with Crippen molar-refractivity contribution in [2.45, 2.75) is 45.4 Å². The van der Waals surface area contributed by atoms with Gasteiger partial charge in [0.2, 0.25) is 0 Å². The number of hydrogen-bond donors (Lipinski definition) is 1. The van der Waals surface area contributed by atoms with E-state index in [9.17, 15) is 9.90 Å². The Morgan fingerprint density at radius 2 is 1.54 bits per heavy atom. The lowest BCUT2D eigenvalue weighted by molar-refractivity contribution is 0.0735. The number of unbranched alkanes of at least 4 members (excludes halogenated alkanes) is 5. The first-order valence-corrected chi connectivity index (χ1v) is 14.0. The van der Waals surface area contributed by atoms with Gasteiger partial charge in [0.25, 0.3) is 0 Å². The SMILES string of the molecule is CCCCCCCCOc1ccc(C=Nc2cccc(C(=O)Oc3ccc(-c4ccc(C#N)cc4)cc3)c2)c(O)c1. The predicted molar refractivity (Wildman–Crippen MR) is 162 cm³/mol. The molecule has 0 aliphatic rings. The van der Waals surface area contributed by atoms with Crippen LogP contribution in [-0.2, 0) is 0 Å². The molecule has 6 nitrogen and oxygen atoms in total. The lowest BCUT2D eigenvalue weighted by atomic mass is 10.0. The van der Waals surface area contributed by atoms with E-state index in [1.54, 1.807) is 66.9 Å². The molecule has 41 heavy (non-hydrogen) atoms. The summed E-state index contributed by atoms with van der Waals surface area (Å²) in [4.78, 5) is 17.2. The summed E-state index contributed by atoms with van der Waals surface area (Å²) < 4.78 is 11.3. The number of hydrogen-bond acceptors (Lipinski definition) is 6. The third-order valence-corrected chi connectivity index (χ3v) is 6.62. The molecule has 0 aromatic heterocycles. The Morgan fingerprint density at radius 1 is 0.854 bits per heavy atom. The lowest BCUT2D eigenvalue weighted by Crippen LogP contribution is -2.08. The van der Waals surface area contributed by atoms with Crippen LogP contribution in [0, 0.1) is 11.3 Å². The Morgan fingerprint density at radius 3 is 2.24 bits per heavy atom. The second kappa shape index (κ2) is 15.0. The molecule has 0 aliphatic carbocycles. The van der Waals surface area contributed by atoms with Crippen LogP contribution in [0.1, 0.15) is 66.9 Å². The average Bonchev–Trinajstić information content (AvgIpc) is 3.01. The summed E-state index contributed by atoms with van der Waals surface area (Å²) in [6.07, 6.45) is 8.71. The highest BCUT2D eigenvalue weighted by Gasteiger charge is 2.10. The maximum atomic E-state index is 12.8. The van der Waals surface area contributed by atoms with Gasteiger partial charge in [0.15, 0.2) is 0 Å². The first kappa shape index (κ1) is 29.1. The van der Waals surface area contributed by atoms with E-state index in [0.717, 1.165) is 24.0 Å². The third kappa shape index (κ3) is 8.81. The minimum atomic E-state index is -0.497. The van der Waals surface area contributed by atoms with Gasteiger partial charge >= 0.3 is 5.97 Å². The van der Waals surface area contributed by atoms with Crippen molar-refractivity contribution in [3.8, 4) is 34.4 Å². The highest BCUT2D eigenvalue weighted by atomic mass is 16.5. The number of carbonyl (C=O) groups is 1. The van der Waals surface area contributed by atoms with Crippen molar-refractivity contribution in [2.24, 2.45) is 4.99 Å². The molecule has 0 radical (unpaired) electrons. The van der Waals surface area contributed by atoms with E-state index in [4.69, 9.17) is 14.7 Å². The number of ether oxygens (including phenoxy) is 2. The summed E-state index contributed by atoms with van der Waals surface area (Å²) in [5, 5.41) is 19.4. The van der Waals surface area contributed by atoms with E-state index < -0.39 is 5.97 Å². The van der Waals surface area contributed by atoms with Crippen molar-refractivity contribution in [3.63, 3.8) is 0 Å². The molecule has 0 spiro atoms. The van der Waals surface area contributed by atoms with Gasteiger partial charge in [0.1, 0.15) is 17.2 Å². The number of nitriles is 1. The summed E-state index contributed by atoms with van der Waals surface area (Å²) >= 11 is 0. The molecule has 208 valence electrons. The second-order valence-electron chi connectivity index (χ2n) is 9.75. The van der Waals surface area contributed by atoms with Crippen molar-refractivity contribution in [2.75, 3.05) is 6.61 Å². The normalized spacial score (nSPS) is 10.8. The smallest absolute Gasteiger partial charge is 0.343 e. The Balaban J connectivity index is 1.31. The van der Waals surface area contributed by atoms with E-state index >= 15 is 0 Å². The fourth-order valence-corrected chi connectivity index (χ4v) is 4.27. The van der Waals surface area contributed by atoms with E-state index in [-0.39, 0.29) is 5.75 Å². The van der Waals surface area contributed by atoms with Gasteiger partial charge in [-0.15, -0.1) is 0 Å². The number of aromatic hydroxyl groups is 1. The van der Waals surface area contributed by atoms with Crippen molar-refractivity contribution in [1.29, 1.82) is 5.26 Å². The highest BCUT2D eigenvalue weighted by molar-refractivity contribution is 5.92. The zero-order chi connectivity index (χ0) is 28.9. The number of carbonyl (C=O) groups excluding carboxylic acids is 1. The van der Waals surface area contributed by atoms with Crippen molar-refractivity contribution >= 4 is 17.9 Å². The Bertz CT molecular complexity index is 1500. The summed E-state index contributed by atoms with van der Waals surface area (Å²) in [7, 11) is 0. The van der Waals surface area contributed by atoms with Crippen molar-refractivity contribution in [3.05, 3.63) is 108 Å². The summed E-state index contributed by atoms with van der Waals surface area (Å²) in [6, 6.07) is 28.6. The number of nitrogens with zero attached hydrogens (tertiary/aromatic N) is 2. The predicted octanol–water partition coefficient (Wildman–Crippen LogP) is 8.64. The number of aliphatic imine (C=N–C) groups is 1. The molecule has 0 unspecified atom stereocenters. The third-order valence-electron chi connectivity index (χ3n) is 6.62. The largest absolute Gasteiger partial charge is 0.507 e. The molecule has 0 atom stereocenters. The molecule has 4 aromatic carbocycles. The lowest BCUT2D eigenvalue weighted by Gasteiger charge is -2.08. The van der Waals surface area contributed by atoms with E-state index in [2.05, 4.69) is 18.0 Å². The van der Waals surface area contributed by atoms with Crippen molar-refractivity contribution in [1.82, 2.24) is 0 Å². The fraction of sp³-hybridized carbons (Fsp3) is 0.229. The van der Waals surface area contributed by atoms with Gasteiger partial charge in [0.05, 0.1) is 29.5 Å². The molecule has 0 saturated carbocycles. The molecule has 0 bridgehead atoms. The van der Waals surface area contributed by atoms with Crippen LogP contribution in [0.5, 0.6) is 17.2 Å². The van der Waals surface area contributed by atoms with Crippen LogP contribution in [0.2, 0.25) is 0 Å². The topological polar surface area (TPSA) is 91.9 Å². The van der Waals surface area contributed by atoms with Crippen LogP contribution >= 0.6 is 0 Å². The standard InChI is InChI=1S/C35H34N2O4/c1-2-3-4-5-6-7-21-40-33-20-17-30(34(38)23-33)25-37-31-10-8-9-29(22-31)35(39)41-32-18-15-28(16-19-32)27-13-11-26(24-36)12-14-27/h8-20,22-23,25,38H,2-7,21H2,1H3. The van der Waals surface area contributed by atoms with Gasteiger partial charge in [0, 0.05) is 17.8 Å². The zero-order valence-corrected chi connectivity index (χ0v) is 23.3. The number of phenols is 1. The molecule has 0 heterocycles. The van der Waals surface area contributed by atoms with Crippen LogP contribution in [0.3, 0.4) is 0 Å². The first-order valence-electron chi connectivity index (χ1n) is 14.0. The number of phenolic OH excluding ortho intramolecular Hbond substituents is 1. The minimum Gasteiger partial charge on any atom is -0.507 e. The number of esters is 1. The molecular formula is C35H34N2O4. The number of rotatable bonds is 13. The van der Waals surface area contributed by atoms with Crippen LogP contribution in [0.15, 0.2) is 96.0 Å². The molecule has 6 heteroatoms. The summed E-state index contributed by atoms with van der Waals surface area (Å²) in [6.45, 7) is 2.84. The minimum absolute atomic E-state index is 0.0780. The maximum absolute atomic E-state index is 12.8. The highest BCUT2D eigenvalue weighted by Crippen LogP contribution is 2.25. The van der Waals surface area contributed by atoms with Crippen LogP contribution in [0.25, 0.3) is 11.1 Å². The maximum Gasteiger partial charge on any atom is 0.343 e. The zero-order valence-electron chi connectivity index (χ0n) is 23.3. The van der Waals surface area contributed by atoms with Gasteiger partial charge in [-0.1, -0.05) is 69.4 Å². The van der Waals surface area contributed by atoms with Crippen LogP contribution < -0.4 is 9.47 Å². The molecule has 0 fully saturated rings. The quantitative estimate of drug-likeness (QED) is 0.0784. The van der Waals surface area contributed by atoms with Crippen molar-refractivity contribution < 1.29 is 19.4 Å². The molecule has 1 N–H and O–H groups in total. The Hall–Kier alpha value is -4.89. The summed E-state index contributed by atoms with van der Waals surface area (Å²) in [5.41, 5.74) is 3.98. The molecular weight excluding hydrogens is 512 g/mol. The fourth-order valence-electron chi connectivity index (χ4n) is 4.27. The van der Waals surface area contributed by atoms with Gasteiger partial charge in [-0.3, -0.25) is 4.99 Å². The summed E-state index contributed by atoms with van der Waals surface area (Å²) in [5.74, 6) is 0.630. The second-order valence-corrected chi connectivity index (χ2v) is 9.75. The van der Waals surface area contributed by atoms with Gasteiger partial charge < -0.3 is 14.6 Å². The first-order chi connectivity index (χ1) is 20.1.